The molecule has 3 rings (SSSR count). The second-order valence-electron chi connectivity index (χ2n) is 5.17. The van der Waals surface area contributed by atoms with E-state index in [1.165, 1.54) is 45.7 Å². The van der Waals surface area contributed by atoms with E-state index in [0.29, 0.717) is 22.8 Å². The number of thiazole rings is 1. The Balaban J connectivity index is 1.72. The molecule has 0 radical (unpaired) electrons. The molecule has 0 aliphatic carbocycles. The highest BCUT2D eigenvalue weighted by Crippen LogP contribution is 2.21. The molecule has 3 aromatic rings. The first kappa shape index (κ1) is 16.7. The summed E-state index contributed by atoms with van der Waals surface area (Å²) in [4.78, 5) is 28.7. The first-order chi connectivity index (χ1) is 11.5. The van der Waals surface area contributed by atoms with E-state index in [2.05, 4.69) is 4.98 Å². The summed E-state index contributed by atoms with van der Waals surface area (Å²) in [6.45, 7) is 0. The van der Waals surface area contributed by atoms with Gasteiger partial charge in [0.05, 0.1) is 10.9 Å². The molecule has 0 spiro atoms. The summed E-state index contributed by atoms with van der Waals surface area (Å²) >= 11 is 2.70. The molecule has 1 atom stereocenters. The smallest absolute Gasteiger partial charge is 0.258 e. The maximum atomic E-state index is 13.0. The molecular formula is C16H14FN3O2S2. The van der Waals surface area contributed by atoms with Gasteiger partial charge in [-0.05, 0) is 24.1 Å². The maximum Gasteiger partial charge on any atom is 0.258 e. The molecule has 0 saturated carbocycles. The topological polar surface area (TPSA) is 77.5 Å². The van der Waals surface area contributed by atoms with Crippen molar-refractivity contribution in [2.45, 2.75) is 17.4 Å². The van der Waals surface area contributed by atoms with Crippen LogP contribution < -0.4 is 11.3 Å². The van der Waals surface area contributed by atoms with Gasteiger partial charge in [0.25, 0.3) is 5.56 Å². The summed E-state index contributed by atoms with van der Waals surface area (Å²) in [5.74, 6) is -0.368. The Morgan fingerprint density at radius 3 is 2.83 bits per heavy atom. The zero-order chi connectivity index (χ0) is 17.1. The minimum Gasteiger partial charge on any atom is -0.369 e. The number of hydrogen-bond donors (Lipinski definition) is 1. The van der Waals surface area contributed by atoms with Crippen molar-refractivity contribution in [3.63, 3.8) is 0 Å². The van der Waals surface area contributed by atoms with Crippen molar-refractivity contribution in [3.05, 3.63) is 69.3 Å². The molecule has 1 amide bonds. The van der Waals surface area contributed by atoms with Crippen molar-refractivity contribution in [1.29, 1.82) is 0 Å². The van der Waals surface area contributed by atoms with E-state index in [4.69, 9.17) is 5.73 Å². The van der Waals surface area contributed by atoms with E-state index in [9.17, 15) is 14.0 Å². The molecule has 1 unspecified atom stereocenters. The van der Waals surface area contributed by atoms with Crippen molar-refractivity contribution >= 4 is 34.0 Å². The second kappa shape index (κ2) is 7.14. The Hall–Kier alpha value is -2.19. The van der Waals surface area contributed by atoms with Crippen LogP contribution in [0.15, 0.2) is 46.7 Å². The SMILES string of the molecule is NC(=O)C(Cc1ccc(F)cc1)SCc1cc(=O)n2ccsc2n1. The largest absolute Gasteiger partial charge is 0.369 e. The van der Waals surface area contributed by atoms with Gasteiger partial charge in [-0.15, -0.1) is 23.1 Å². The summed E-state index contributed by atoms with van der Waals surface area (Å²) in [6.07, 6.45) is 2.08. The summed E-state index contributed by atoms with van der Waals surface area (Å²) in [5, 5.41) is 1.32. The van der Waals surface area contributed by atoms with E-state index in [-0.39, 0.29) is 11.4 Å². The Morgan fingerprint density at radius 1 is 1.38 bits per heavy atom. The highest BCUT2D eigenvalue weighted by molar-refractivity contribution is 7.99. The van der Waals surface area contributed by atoms with E-state index in [1.807, 2.05) is 0 Å². The Bertz CT molecular complexity index is 921. The van der Waals surface area contributed by atoms with Gasteiger partial charge in [-0.2, -0.15) is 0 Å². The number of carbonyl (C=O) groups is 1. The van der Waals surface area contributed by atoms with Gasteiger partial charge in [0, 0.05) is 23.4 Å². The number of carbonyl (C=O) groups excluding carboxylic acids is 1. The standard InChI is InChI=1S/C16H14FN3O2S2/c17-11-3-1-10(2-4-11)7-13(15(18)22)24-9-12-8-14(21)20-5-6-23-16(20)19-12/h1-6,8,13H,7,9H2,(H2,18,22). The van der Waals surface area contributed by atoms with Gasteiger partial charge in [0.15, 0.2) is 4.96 Å². The zero-order valence-corrected chi connectivity index (χ0v) is 14.1. The van der Waals surface area contributed by atoms with Crippen LogP contribution in [0.4, 0.5) is 4.39 Å². The lowest BCUT2D eigenvalue weighted by Crippen LogP contribution is -2.28. The molecule has 2 heterocycles. The Morgan fingerprint density at radius 2 is 2.12 bits per heavy atom. The van der Waals surface area contributed by atoms with Crippen molar-refractivity contribution in [2.24, 2.45) is 5.73 Å². The summed E-state index contributed by atoms with van der Waals surface area (Å²) in [5.41, 5.74) is 6.75. The molecule has 0 aliphatic heterocycles. The van der Waals surface area contributed by atoms with Crippen LogP contribution in [0.3, 0.4) is 0 Å². The molecule has 2 N–H and O–H groups in total. The van der Waals surface area contributed by atoms with E-state index >= 15 is 0 Å². The van der Waals surface area contributed by atoms with Gasteiger partial charge in [0.2, 0.25) is 5.91 Å². The molecule has 0 aliphatic rings. The fourth-order valence-electron chi connectivity index (χ4n) is 2.22. The van der Waals surface area contributed by atoms with Crippen molar-refractivity contribution in [2.75, 3.05) is 0 Å². The fraction of sp³-hybridized carbons (Fsp3) is 0.188. The third-order valence-electron chi connectivity index (χ3n) is 3.44. The van der Waals surface area contributed by atoms with Crippen molar-refractivity contribution in [3.8, 4) is 0 Å². The monoisotopic (exact) mass is 363 g/mol. The summed E-state index contributed by atoms with van der Waals surface area (Å²) in [7, 11) is 0. The van der Waals surface area contributed by atoms with Crippen molar-refractivity contribution in [1.82, 2.24) is 9.38 Å². The number of fused-ring (bicyclic) bond motifs is 1. The van der Waals surface area contributed by atoms with Gasteiger partial charge < -0.3 is 5.73 Å². The molecule has 8 heteroatoms. The molecule has 0 saturated heterocycles. The average Bonchev–Trinajstić information content (AvgIpc) is 3.02. The van der Waals surface area contributed by atoms with Crippen LogP contribution in [-0.4, -0.2) is 20.5 Å². The third-order valence-corrected chi connectivity index (χ3v) is 5.46. The summed E-state index contributed by atoms with van der Waals surface area (Å²) < 4.78 is 14.4. The van der Waals surface area contributed by atoms with Gasteiger partial charge in [-0.25, -0.2) is 9.37 Å². The molecule has 24 heavy (non-hydrogen) atoms. The van der Waals surface area contributed by atoms with Crippen LogP contribution in [-0.2, 0) is 17.0 Å². The van der Waals surface area contributed by atoms with Crippen LogP contribution in [0.5, 0.6) is 0 Å². The van der Waals surface area contributed by atoms with Crippen LogP contribution in [0.2, 0.25) is 0 Å². The van der Waals surface area contributed by atoms with E-state index in [0.717, 1.165) is 5.56 Å². The maximum absolute atomic E-state index is 13.0. The van der Waals surface area contributed by atoms with Crippen LogP contribution in [0, 0.1) is 5.82 Å². The first-order valence-corrected chi connectivity index (χ1v) is 9.07. The lowest BCUT2D eigenvalue weighted by atomic mass is 10.1. The predicted molar refractivity (Wildman–Crippen MR) is 93.7 cm³/mol. The number of halogens is 1. The quantitative estimate of drug-likeness (QED) is 0.728. The number of benzene rings is 1. The number of hydrogen-bond acceptors (Lipinski definition) is 5. The second-order valence-corrected chi connectivity index (χ2v) is 7.24. The average molecular weight is 363 g/mol. The molecule has 0 fully saturated rings. The number of primary amides is 1. The lowest BCUT2D eigenvalue weighted by Gasteiger charge is -2.13. The molecule has 5 nitrogen and oxygen atoms in total. The van der Waals surface area contributed by atoms with Crippen LogP contribution in [0.25, 0.3) is 4.96 Å². The zero-order valence-electron chi connectivity index (χ0n) is 12.5. The number of amides is 1. The molecule has 0 bridgehead atoms. The highest BCUT2D eigenvalue weighted by atomic mass is 32.2. The first-order valence-electron chi connectivity index (χ1n) is 7.14. The fourth-order valence-corrected chi connectivity index (χ4v) is 3.96. The third kappa shape index (κ3) is 3.82. The normalized spacial score (nSPS) is 12.4. The number of nitrogens with zero attached hydrogens (tertiary/aromatic N) is 2. The summed E-state index contributed by atoms with van der Waals surface area (Å²) in [6, 6.07) is 7.43. The van der Waals surface area contributed by atoms with E-state index < -0.39 is 11.2 Å². The minimum absolute atomic E-state index is 0.147. The predicted octanol–water partition coefficient (Wildman–Crippen LogP) is 2.22. The van der Waals surface area contributed by atoms with Gasteiger partial charge in [0.1, 0.15) is 5.82 Å². The van der Waals surface area contributed by atoms with Crippen LogP contribution >= 0.6 is 23.1 Å². The lowest BCUT2D eigenvalue weighted by molar-refractivity contribution is -0.117. The molecule has 124 valence electrons. The number of thioether (sulfide) groups is 1. The minimum atomic E-state index is -0.473. The molecule has 2 aromatic heterocycles. The van der Waals surface area contributed by atoms with Gasteiger partial charge in [-0.3, -0.25) is 14.0 Å². The van der Waals surface area contributed by atoms with Gasteiger partial charge >= 0.3 is 0 Å². The van der Waals surface area contributed by atoms with Gasteiger partial charge in [-0.1, -0.05) is 12.1 Å². The molecular weight excluding hydrogens is 349 g/mol. The van der Waals surface area contributed by atoms with E-state index in [1.54, 1.807) is 23.7 Å². The Kier molecular flexibility index (Phi) is 4.96. The molecule has 1 aromatic carbocycles. The number of rotatable bonds is 6. The Labute approximate surface area is 145 Å². The number of aromatic nitrogens is 2. The highest BCUT2D eigenvalue weighted by Gasteiger charge is 2.17. The number of nitrogens with two attached hydrogens (primary N) is 1. The van der Waals surface area contributed by atoms with Crippen molar-refractivity contribution < 1.29 is 9.18 Å². The van der Waals surface area contributed by atoms with Crippen LogP contribution in [0.1, 0.15) is 11.3 Å².